The van der Waals surface area contributed by atoms with Crippen molar-refractivity contribution in [3.63, 3.8) is 0 Å². The molecule has 0 aliphatic carbocycles. The summed E-state index contributed by atoms with van der Waals surface area (Å²) in [6, 6.07) is 13.1. The molecule has 1 fully saturated rings. The van der Waals surface area contributed by atoms with Crippen LogP contribution in [0.5, 0.6) is 0 Å². The maximum Gasteiger partial charge on any atom is 0.245 e. The van der Waals surface area contributed by atoms with Crippen LogP contribution in [0.4, 0.5) is 0 Å². The zero-order valence-electron chi connectivity index (χ0n) is 14.0. The van der Waals surface area contributed by atoms with Crippen molar-refractivity contribution in [2.45, 2.75) is 18.9 Å². The van der Waals surface area contributed by atoms with E-state index >= 15 is 0 Å². The highest BCUT2D eigenvalue weighted by Gasteiger charge is 2.27. The SMILES string of the molecule is O=C(Cc1cccs1)N[C@@H](Cc1ccccc1)C(=O)N1CCOCC1. The number of nitrogens with zero attached hydrogens (tertiary/aromatic N) is 1. The first-order valence-corrected chi connectivity index (χ1v) is 9.32. The molecular formula is C19H22N2O3S. The van der Waals surface area contributed by atoms with Crippen LogP contribution in [-0.2, 0) is 27.2 Å². The summed E-state index contributed by atoms with van der Waals surface area (Å²) in [5, 5.41) is 4.88. The molecule has 6 heteroatoms. The van der Waals surface area contributed by atoms with Gasteiger partial charge in [-0.15, -0.1) is 11.3 Å². The number of nitrogens with one attached hydrogen (secondary N) is 1. The van der Waals surface area contributed by atoms with E-state index in [4.69, 9.17) is 4.74 Å². The smallest absolute Gasteiger partial charge is 0.245 e. The fourth-order valence-corrected chi connectivity index (χ4v) is 3.57. The van der Waals surface area contributed by atoms with E-state index in [0.717, 1.165) is 10.4 Å². The Balaban J connectivity index is 1.68. The minimum atomic E-state index is -0.548. The molecular weight excluding hydrogens is 336 g/mol. The zero-order valence-corrected chi connectivity index (χ0v) is 14.8. The number of rotatable bonds is 6. The number of hydrogen-bond acceptors (Lipinski definition) is 4. The summed E-state index contributed by atoms with van der Waals surface area (Å²) in [5.74, 6) is -0.156. The van der Waals surface area contributed by atoms with Gasteiger partial charge < -0.3 is 15.0 Å². The van der Waals surface area contributed by atoms with Gasteiger partial charge in [-0.05, 0) is 17.0 Å². The first-order chi connectivity index (χ1) is 12.2. The summed E-state index contributed by atoms with van der Waals surface area (Å²) in [5.41, 5.74) is 1.03. The van der Waals surface area contributed by atoms with E-state index in [0.29, 0.717) is 39.1 Å². The molecule has 5 nitrogen and oxygen atoms in total. The molecule has 1 aromatic carbocycles. The maximum absolute atomic E-state index is 12.9. The van der Waals surface area contributed by atoms with Crippen molar-refractivity contribution in [2.75, 3.05) is 26.3 Å². The van der Waals surface area contributed by atoms with E-state index in [1.807, 2.05) is 47.8 Å². The van der Waals surface area contributed by atoms with Crippen molar-refractivity contribution in [3.8, 4) is 0 Å². The highest BCUT2D eigenvalue weighted by molar-refractivity contribution is 7.10. The van der Waals surface area contributed by atoms with E-state index < -0.39 is 6.04 Å². The lowest BCUT2D eigenvalue weighted by Gasteiger charge is -2.30. The van der Waals surface area contributed by atoms with Crippen molar-refractivity contribution in [3.05, 3.63) is 58.3 Å². The van der Waals surface area contributed by atoms with Crippen molar-refractivity contribution in [1.29, 1.82) is 0 Å². The first-order valence-electron chi connectivity index (χ1n) is 8.44. The van der Waals surface area contributed by atoms with Gasteiger partial charge in [0.25, 0.3) is 0 Å². The monoisotopic (exact) mass is 358 g/mol. The molecule has 1 aromatic heterocycles. The van der Waals surface area contributed by atoms with Crippen molar-refractivity contribution < 1.29 is 14.3 Å². The largest absolute Gasteiger partial charge is 0.378 e. The lowest BCUT2D eigenvalue weighted by molar-refractivity contribution is -0.139. The summed E-state index contributed by atoms with van der Waals surface area (Å²) in [6.07, 6.45) is 0.798. The average molecular weight is 358 g/mol. The normalized spacial score (nSPS) is 15.6. The van der Waals surface area contributed by atoms with E-state index in [2.05, 4.69) is 5.32 Å². The predicted octanol–water partition coefficient (Wildman–Crippen LogP) is 1.88. The fraction of sp³-hybridized carbons (Fsp3) is 0.368. The Labute approximate surface area is 151 Å². The van der Waals surface area contributed by atoms with Crippen LogP contribution < -0.4 is 5.32 Å². The number of thiophene rings is 1. The predicted molar refractivity (Wildman–Crippen MR) is 97.5 cm³/mol. The topological polar surface area (TPSA) is 58.6 Å². The van der Waals surface area contributed by atoms with E-state index in [9.17, 15) is 9.59 Å². The number of benzene rings is 1. The molecule has 25 heavy (non-hydrogen) atoms. The highest BCUT2D eigenvalue weighted by atomic mass is 32.1. The van der Waals surface area contributed by atoms with E-state index in [1.165, 1.54) is 0 Å². The average Bonchev–Trinajstić information content (AvgIpc) is 3.15. The summed E-state index contributed by atoms with van der Waals surface area (Å²) in [6.45, 7) is 2.25. The molecule has 1 N–H and O–H groups in total. The van der Waals surface area contributed by atoms with Crippen molar-refractivity contribution in [1.82, 2.24) is 10.2 Å². The van der Waals surface area contributed by atoms with Crippen LogP contribution in [0.25, 0.3) is 0 Å². The van der Waals surface area contributed by atoms with Crippen LogP contribution in [0.2, 0.25) is 0 Å². The van der Waals surface area contributed by atoms with Gasteiger partial charge in [-0.3, -0.25) is 9.59 Å². The highest BCUT2D eigenvalue weighted by Crippen LogP contribution is 2.11. The van der Waals surface area contributed by atoms with Crippen LogP contribution in [0.15, 0.2) is 47.8 Å². The number of carbonyl (C=O) groups is 2. The van der Waals surface area contributed by atoms with Gasteiger partial charge >= 0.3 is 0 Å². The van der Waals surface area contributed by atoms with Gasteiger partial charge in [-0.1, -0.05) is 36.4 Å². The molecule has 0 radical (unpaired) electrons. The second-order valence-electron chi connectivity index (χ2n) is 6.00. The molecule has 1 aliphatic rings. The minimum Gasteiger partial charge on any atom is -0.378 e. The van der Waals surface area contributed by atoms with Gasteiger partial charge in [0, 0.05) is 24.4 Å². The summed E-state index contributed by atoms with van der Waals surface area (Å²) in [4.78, 5) is 28.1. The number of ether oxygens (including phenoxy) is 1. The van der Waals surface area contributed by atoms with Crippen LogP contribution >= 0.6 is 11.3 Å². The Morgan fingerprint density at radius 1 is 1.12 bits per heavy atom. The molecule has 1 saturated heterocycles. The van der Waals surface area contributed by atoms with Crippen molar-refractivity contribution >= 4 is 23.2 Å². The molecule has 3 rings (SSSR count). The third kappa shape index (κ3) is 5.14. The summed E-state index contributed by atoms with van der Waals surface area (Å²) >= 11 is 1.55. The fourth-order valence-electron chi connectivity index (χ4n) is 2.87. The Hall–Kier alpha value is -2.18. The Morgan fingerprint density at radius 2 is 1.88 bits per heavy atom. The first kappa shape index (κ1) is 17.6. The van der Waals surface area contributed by atoms with Gasteiger partial charge in [0.05, 0.1) is 19.6 Å². The van der Waals surface area contributed by atoms with Gasteiger partial charge in [0.1, 0.15) is 6.04 Å². The van der Waals surface area contributed by atoms with Gasteiger partial charge in [-0.25, -0.2) is 0 Å². The van der Waals surface area contributed by atoms with E-state index in [1.54, 1.807) is 16.2 Å². The molecule has 2 amide bonds. The standard InChI is InChI=1S/C19H22N2O3S/c22-18(14-16-7-4-12-25-16)20-17(13-15-5-2-1-3-6-15)19(23)21-8-10-24-11-9-21/h1-7,12,17H,8-11,13-14H2,(H,20,22)/t17-/m0/s1. The molecule has 0 bridgehead atoms. The molecule has 0 saturated carbocycles. The third-order valence-electron chi connectivity index (χ3n) is 4.15. The quantitative estimate of drug-likeness (QED) is 0.858. The van der Waals surface area contributed by atoms with Crippen molar-refractivity contribution in [2.24, 2.45) is 0 Å². The summed E-state index contributed by atoms with van der Waals surface area (Å²) < 4.78 is 5.32. The molecule has 132 valence electrons. The molecule has 0 spiro atoms. The molecule has 1 atom stereocenters. The van der Waals surface area contributed by atoms with Gasteiger partial charge in [-0.2, -0.15) is 0 Å². The van der Waals surface area contributed by atoms with Crippen LogP contribution in [0, 0.1) is 0 Å². The van der Waals surface area contributed by atoms with E-state index in [-0.39, 0.29) is 11.8 Å². The second-order valence-corrected chi connectivity index (χ2v) is 7.04. The maximum atomic E-state index is 12.9. The lowest BCUT2D eigenvalue weighted by atomic mass is 10.0. The van der Waals surface area contributed by atoms with Crippen LogP contribution in [0.1, 0.15) is 10.4 Å². The van der Waals surface area contributed by atoms with Crippen LogP contribution in [0.3, 0.4) is 0 Å². The number of amides is 2. The molecule has 2 heterocycles. The number of morpholine rings is 1. The second kappa shape index (κ2) is 8.78. The molecule has 1 aliphatic heterocycles. The minimum absolute atomic E-state index is 0.0355. The van der Waals surface area contributed by atoms with Gasteiger partial charge in [0.2, 0.25) is 11.8 Å². The van der Waals surface area contributed by atoms with Gasteiger partial charge in [0.15, 0.2) is 0 Å². The van der Waals surface area contributed by atoms with Crippen LogP contribution in [-0.4, -0.2) is 49.1 Å². The third-order valence-corrected chi connectivity index (χ3v) is 5.03. The Kier molecular flexibility index (Phi) is 6.19. The summed E-state index contributed by atoms with van der Waals surface area (Å²) in [7, 11) is 0. The lowest BCUT2D eigenvalue weighted by Crippen LogP contribution is -2.52. The Bertz CT molecular complexity index is 682. The Morgan fingerprint density at radius 3 is 2.56 bits per heavy atom. The number of hydrogen-bond donors (Lipinski definition) is 1. The molecule has 2 aromatic rings. The zero-order chi connectivity index (χ0) is 17.5. The molecule has 0 unspecified atom stereocenters. The number of carbonyl (C=O) groups excluding carboxylic acids is 2.